The van der Waals surface area contributed by atoms with E-state index in [1.807, 2.05) is 24.3 Å². The van der Waals surface area contributed by atoms with Gasteiger partial charge in [-0.15, -0.1) is 0 Å². The number of nitrogens with one attached hydrogen (secondary N) is 2. The van der Waals surface area contributed by atoms with Crippen LogP contribution < -0.4 is 15.4 Å². The van der Waals surface area contributed by atoms with Gasteiger partial charge in [-0.1, -0.05) is 30.4 Å². The average molecular weight is 358 g/mol. The average Bonchev–Trinajstić information content (AvgIpc) is 3.14. The van der Waals surface area contributed by atoms with Gasteiger partial charge in [0, 0.05) is 24.6 Å². The normalized spacial score (nSPS) is 21.6. The van der Waals surface area contributed by atoms with E-state index in [0.717, 1.165) is 12.1 Å². The number of hydrogen-bond acceptors (Lipinski definition) is 5. The second-order valence-corrected chi connectivity index (χ2v) is 6.14. The Bertz CT molecular complexity index is 680. The minimum atomic E-state index is -0.537. The summed E-state index contributed by atoms with van der Waals surface area (Å²) >= 11 is 0. The van der Waals surface area contributed by atoms with Crippen molar-refractivity contribution in [2.75, 3.05) is 19.8 Å². The summed E-state index contributed by atoms with van der Waals surface area (Å²) in [4.78, 5) is 23.7. The number of rotatable bonds is 5. The third-order valence-corrected chi connectivity index (χ3v) is 4.05. The van der Waals surface area contributed by atoms with Crippen molar-refractivity contribution < 1.29 is 23.8 Å². The van der Waals surface area contributed by atoms with E-state index in [9.17, 15) is 9.59 Å². The van der Waals surface area contributed by atoms with E-state index in [1.54, 1.807) is 24.3 Å². The minimum absolute atomic E-state index is 0.0689. The van der Waals surface area contributed by atoms with Gasteiger partial charge in [0.1, 0.15) is 11.9 Å². The van der Waals surface area contributed by atoms with Gasteiger partial charge in [-0.3, -0.25) is 5.32 Å². The molecule has 0 spiro atoms. The number of carbonyl (C=O) groups is 2. The van der Waals surface area contributed by atoms with Crippen LogP contribution in [-0.2, 0) is 9.47 Å². The molecule has 7 heteroatoms. The van der Waals surface area contributed by atoms with Crippen LogP contribution in [0.15, 0.2) is 54.3 Å². The zero-order valence-electron chi connectivity index (χ0n) is 14.4. The summed E-state index contributed by atoms with van der Waals surface area (Å²) < 4.78 is 15.6. The van der Waals surface area contributed by atoms with Gasteiger partial charge < -0.3 is 19.5 Å². The molecular weight excluding hydrogens is 336 g/mol. The highest BCUT2D eigenvalue weighted by molar-refractivity contribution is 5.72. The summed E-state index contributed by atoms with van der Waals surface area (Å²) in [5.74, 6) is 0.549. The van der Waals surface area contributed by atoms with Gasteiger partial charge in [0.2, 0.25) is 0 Å². The topological polar surface area (TPSA) is 85.9 Å². The molecule has 7 nitrogen and oxygen atoms in total. The fourth-order valence-electron chi connectivity index (χ4n) is 2.75. The van der Waals surface area contributed by atoms with Crippen LogP contribution in [0, 0.1) is 5.92 Å². The highest BCUT2D eigenvalue weighted by Crippen LogP contribution is 2.17. The zero-order chi connectivity index (χ0) is 18.2. The van der Waals surface area contributed by atoms with Crippen molar-refractivity contribution in [2.45, 2.75) is 18.9 Å². The molecule has 1 aromatic rings. The van der Waals surface area contributed by atoms with Gasteiger partial charge in [0.15, 0.2) is 0 Å². The first-order chi connectivity index (χ1) is 12.7. The Morgan fingerprint density at radius 2 is 2.04 bits per heavy atom. The third kappa shape index (κ3) is 5.63. The lowest BCUT2D eigenvalue weighted by atomic mass is 9.98. The first-order valence-electron chi connectivity index (χ1n) is 8.62. The second-order valence-electron chi connectivity index (χ2n) is 6.14. The van der Waals surface area contributed by atoms with Crippen LogP contribution in [0.2, 0.25) is 0 Å². The Hall–Kier alpha value is -2.80. The minimum Gasteiger partial charge on any atom is -0.444 e. The predicted octanol–water partition coefficient (Wildman–Crippen LogP) is 2.75. The third-order valence-electron chi connectivity index (χ3n) is 4.05. The summed E-state index contributed by atoms with van der Waals surface area (Å²) in [6.07, 6.45) is 5.83. The Morgan fingerprint density at radius 1 is 1.19 bits per heavy atom. The largest absolute Gasteiger partial charge is 0.444 e. The zero-order valence-corrected chi connectivity index (χ0v) is 14.4. The van der Waals surface area contributed by atoms with Crippen molar-refractivity contribution in [3.8, 4) is 5.75 Å². The standard InChI is InChI=1S/C19H22N2O5/c22-18(26-17-9-10-24-13-17)20-12-14-5-4-6-15(11-14)21-19(23)25-16-7-2-1-3-8-16/h1-8,14,17H,9-13H2,(H,20,22)(H,21,23)/t14?,17-/m0/s1. The molecular formula is C19H22N2O5. The molecule has 1 saturated heterocycles. The van der Waals surface area contributed by atoms with Gasteiger partial charge in [0.05, 0.1) is 13.2 Å². The number of amides is 2. The van der Waals surface area contributed by atoms with Crippen LogP contribution in [0.3, 0.4) is 0 Å². The number of ether oxygens (including phenoxy) is 3. The molecule has 1 heterocycles. The van der Waals surface area contributed by atoms with E-state index in [4.69, 9.17) is 14.2 Å². The van der Waals surface area contributed by atoms with E-state index in [1.165, 1.54) is 0 Å². The number of alkyl carbamates (subject to hydrolysis) is 1. The summed E-state index contributed by atoms with van der Waals surface area (Å²) in [6.45, 7) is 1.51. The molecule has 3 rings (SSSR count). The van der Waals surface area contributed by atoms with Crippen LogP contribution in [-0.4, -0.2) is 38.0 Å². The van der Waals surface area contributed by atoms with Gasteiger partial charge in [0.25, 0.3) is 0 Å². The first-order valence-corrected chi connectivity index (χ1v) is 8.62. The Balaban J connectivity index is 1.39. The monoisotopic (exact) mass is 358 g/mol. The maximum atomic E-state index is 11.9. The lowest BCUT2D eigenvalue weighted by Gasteiger charge is -2.20. The van der Waals surface area contributed by atoms with E-state index >= 15 is 0 Å². The van der Waals surface area contributed by atoms with Gasteiger partial charge in [-0.05, 0) is 24.6 Å². The van der Waals surface area contributed by atoms with Crippen LogP contribution in [0.5, 0.6) is 5.75 Å². The fourth-order valence-corrected chi connectivity index (χ4v) is 2.75. The molecule has 1 fully saturated rings. The molecule has 138 valence electrons. The molecule has 2 N–H and O–H groups in total. The summed E-state index contributed by atoms with van der Waals surface area (Å²) in [5, 5.41) is 5.49. The number of benzene rings is 1. The molecule has 0 radical (unpaired) electrons. The molecule has 1 aromatic carbocycles. The highest BCUT2D eigenvalue weighted by atomic mass is 16.6. The van der Waals surface area contributed by atoms with Crippen molar-refractivity contribution in [2.24, 2.45) is 5.92 Å². The predicted molar refractivity (Wildman–Crippen MR) is 94.6 cm³/mol. The summed E-state index contributed by atoms with van der Waals surface area (Å²) in [5.41, 5.74) is 0.734. The van der Waals surface area contributed by atoms with E-state index in [2.05, 4.69) is 10.6 Å². The lowest BCUT2D eigenvalue weighted by Crippen LogP contribution is -2.34. The molecule has 2 amide bonds. The summed E-state index contributed by atoms with van der Waals surface area (Å²) in [7, 11) is 0. The number of hydrogen-bond donors (Lipinski definition) is 2. The van der Waals surface area contributed by atoms with Crippen molar-refractivity contribution >= 4 is 12.2 Å². The molecule has 0 saturated carbocycles. The molecule has 26 heavy (non-hydrogen) atoms. The van der Waals surface area contributed by atoms with Gasteiger partial charge >= 0.3 is 12.2 Å². The second kappa shape index (κ2) is 9.05. The van der Waals surface area contributed by atoms with Crippen molar-refractivity contribution in [3.63, 3.8) is 0 Å². The van der Waals surface area contributed by atoms with Crippen LogP contribution >= 0.6 is 0 Å². The fraction of sp³-hybridized carbons (Fsp3) is 0.368. The van der Waals surface area contributed by atoms with Crippen molar-refractivity contribution in [3.05, 3.63) is 54.3 Å². The smallest absolute Gasteiger partial charge is 0.416 e. The molecule has 1 aliphatic carbocycles. The molecule has 2 aliphatic rings. The Morgan fingerprint density at radius 3 is 2.81 bits per heavy atom. The van der Waals surface area contributed by atoms with Crippen molar-refractivity contribution in [1.29, 1.82) is 0 Å². The summed E-state index contributed by atoms with van der Waals surface area (Å²) in [6, 6.07) is 8.86. The molecule has 2 atom stereocenters. The molecule has 1 unspecified atom stereocenters. The van der Waals surface area contributed by atoms with Gasteiger partial charge in [-0.2, -0.15) is 0 Å². The number of para-hydroxylation sites is 1. The Kier molecular flexibility index (Phi) is 6.27. The van der Waals surface area contributed by atoms with Crippen molar-refractivity contribution in [1.82, 2.24) is 10.6 Å². The van der Waals surface area contributed by atoms with E-state index in [-0.39, 0.29) is 12.0 Å². The van der Waals surface area contributed by atoms with E-state index in [0.29, 0.717) is 31.9 Å². The Labute approximate surface area is 152 Å². The van der Waals surface area contributed by atoms with Gasteiger partial charge in [-0.25, -0.2) is 9.59 Å². The van der Waals surface area contributed by atoms with Crippen LogP contribution in [0.4, 0.5) is 9.59 Å². The van der Waals surface area contributed by atoms with E-state index < -0.39 is 12.2 Å². The SMILES string of the molecule is O=C(NC1=CC=CC(CNC(=O)O[C@H]2CCOC2)C1)Oc1ccccc1. The number of allylic oxidation sites excluding steroid dienone is 3. The first kappa shape index (κ1) is 18.0. The quantitative estimate of drug-likeness (QED) is 0.845. The maximum absolute atomic E-state index is 11.9. The molecule has 1 aliphatic heterocycles. The highest BCUT2D eigenvalue weighted by Gasteiger charge is 2.21. The van der Waals surface area contributed by atoms with Crippen LogP contribution in [0.1, 0.15) is 12.8 Å². The number of carbonyl (C=O) groups excluding carboxylic acids is 2. The molecule has 0 aromatic heterocycles. The lowest BCUT2D eigenvalue weighted by molar-refractivity contribution is 0.0826. The van der Waals surface area contributed by atoms with Crippen LogP contribution in [0.25, 0.3) is 0 Å². The maximum Gasteiger partial charge on any atom is 0.416 e. The molecule has 0 bridgehead atoms.